The van der Waals surface area contributed by atoms with Crippen LogP contribution in [0, 0.1) is 0 Å². The smallest absolute Gasteiger partial charge is 0.450 e. The monoisotopic (exact) mass is 618 g/mol. The molecule has 1 aromatic carbocycles. The van der Waals surface area contributed by atoms with Crippen LogP contribution >= 0.6 is 0 Å². The third kappa shape index (κ3) is 19.3. The quantitative estimate of drug-likeness (QED) is 0.0985. The zero-order valence-corrected chi connectivity index (χ0v) is 28.4. The maximum absolute atomic E-state index is 7.03. The van der Waals surface area contributed by atoms with E-state index in [-0.39, 0.29) is 0 Å². The fourth-order valence-electron chi connectivity index (χ4n) is 3.90. The van der Waals surface area contributed by atoms with E-state index in [1.807, 2.05) is 18.2 Å². The van der Waals surface area contributed by atoms with E-state index in [0.29, 0.717) is 79.3 Å². The molecule has 0 saturated heterocycles. The molecule has 1 aromatic rings. The van der Waals surface area contributed by atoms with Crippen LogP contribution < -0.4 is 5.46 Å². The van der Waals surface area contributed by atoms with Crippen LogP contribution in [-0.4, -0.2) is 131 Å². The Kier molecular flexibility index (Phi) is 23.1. The zero-order valence-electron chi connectivity index (χ0n) is 26.4. The van der Waals surface area contributed by atoms with Crippen molar-refractivity contribution in [1.82, 2.24) is 0 Å². The number of rotatable bonds is 29. The summed E-state index contributed by atoms with van der Waals surface area (Å²) in [7, 11) is 1.52. The predicted octanol–water partition coefficient (Wildman–Crippen LogP) is 3.22. The first kappa shape index (κ1) is 38.3. The highest BCUT2D eigenvalue weighted by Crippen LogP contribution is 2.24. The van der Waals surface area contributed by atoms with Crippen LogP contribution in [0.25, 0.3) is 0 Å². The van der Waals surface area contributed by atoms with Gasteiger partial charge in [-0.15, -0.1) is 0 Å². The Balaban J connectivity index is 3.08. The lowest BCUT2D eigenvalue weighted by atomic mass is 9.80. The van der Waals surface area contributed by atoms with Gasteiger partial charge in [0.25, 0.3) is 0 Å². The second-order valence-corrected chi connectivity index (χ2v) is 18.6. The van der Waals surface area contributed by atoms with Gasteiger partial charge in [0.05, 0.1) is 52.9 Å². The highest BCUT2D eigenvalue weighted by Gasteiger charge is 2.41. The lowest BCUT2D eigenvalue weighted by Crippen LogP contribution is -2.54. The molecule has 0 radical (unpaired) electrons. The van der Waals surface area contributed by atoms with Crippen LogP contribution in [0.15, 0.2) is 30.3 Å². The topological polar surface area (TPSA) is 92.3 Å². The molecule has 0 amide bonds. The van der Waals surface area contributed by atoms with Gasteiger partial charge in [-0.25, -0.2) is 0 Å². The summed E-state index contributed by atoms with van der Waals surface area (Å²) in [4.78, 5) is 0. The molecule has 0 aliphatic carbocycles. The highest BCUT2D eigenvalue weighted by molar-refractivity contribution is 6.86. The number of methoxy groups -OCH3 is 4. The molecular formula is C28H55BO10Si2. The van der Waals surface area contributed by atoms with Crippen molar-refractivity contribution < 1.29 is 46.6 Å². The minimum Gasteiger partial charge on any atom is -0.450 e. The Morgan fingerprint density at radius 2 is 0.780 bits per heavy atom. The molecule has 13 heteroatoms. The lowest BCUT2D eigenvalue weighted by Gasteiger charge is -2.36. The normalized spacial score (nSPS) is 12.2. The summed E-state index contributed by atoms with van der Waals surface area (Å²) in [6.07, 6.45) is 0. The molecule has 0 bridgehead atoms. The molecule has 0 saturated carbocycles. The van der Waals surface area contributed by atoms with Crippen molar-refractivity contribution in [2.24, 2.45) is 0 Å². The SMILES string of the molecule is COCCOCC[Si](C)(CCOCCOC)OB(O[Si](C)(CCOCCOC)CCOCCOC)c1ccccc1. The van der Waals surface area contributed by atoms with Gasteiger partial charge in [0.2, 0.25) is 0 Å². The third-order valence-corrected chi connectivity index (χ3v) is 13.3. The second kappa shape index (κ2) is 24.7. The average Bonchev–Trinajstić information content (AvgIpc) is 2.97. The summed E-state index contributed by atoms with van der Waals surface area (Å²) in [6.45, 7) is 11.4. The van der Waals surface area contributed by atoms with Crippen molar-refractivity contribution in [2.45, 2.75) is 37.3 Å². The molecule has 0 spiro atoms. The van der Waals surface area contributed by atoms with Gasteiger partial charge in [-0.3, -0.25) is 0 Å². The summed E-state index contributed by atoms with van der Waals surface area (Å²) >= 11 is 0. The molecule has 1 rings (SSSR count). The summed E-state index contributed by atoms with van der Waals surface area (Å²) < 4.78 is 58.0. The van der Waals surface area contributed by atoms with Gasteiger partial charge in [0.1, 0.15) is 0 Å². The van der Waals surface area contributed by atoms with Crippen molar-refractivity contribution in [3.05, 3.63) is 30.3 Å². The van der Waals surface area contributed by atoms with Gasteiger partial charge >= 0.3 is 7.12 Å². The first-order chi connectivity index (χ1) is 19.9. The first-order valence-corrected chi connectivity index (χ1v) is 20.2. The molecule has 0 heterocycles. The molecular weight excluding hydrogens is 563 g/mol. The van der Waals surface area contributed by atoms with E-state index in [1.54, 1.807) is 28.4 Å². The standard InChI is InChI=1S/C28H55BO10Si2/c1-30-12-16-34-20-24-40(5,25-21-35-17-13-31-2)38-29(28-10-8-7-9-11-28)39-41(6,26-22-36-18-14-32-3)27-23-37-19-15-33-4/h7-11H,12-27H2,1-6H3. The predicted molar refractivity (Wildman–Crippen MR) is 167 cm³/mol. The Morgan fingerprint density at radius 3 is 1.07 bits per heavy atom. The van der Waals surface area contributed by atoms with Crippen LogP contribution in [0.2, 0.25) is 37.3 Å². The van der Waals surface area contributed by atoms with E-state index in [1.165, 1.54) is 0 Å². The molecule has 41 heavy (non-hydrogen) atoms. The van der Waals surface area contributed by atoms with Gasteiger partial charge < -0.3 is 46.6 Å². The van der Waals surface area contributed by atoms with Gasteiger partial charge in [0.15, 0.2) is 16.6 Å². The number of hydrogen-bond acceptors (Lipinski definition) is 10. The van der Waals surface area contributed by atoms with Crippen molar-refractivity contribution >= 4 is 29.2 Å². The van der Waals surface area contributed by atoms with Crippen LogP contribution in [0.4, 0.5) is 0 Å². The van der Waals surface area contributed by atoms with Gasteiger partial charge in [-0.1, -0.05) is 30.3 Å². The molecule has 0 aromatic heterocycles. The molecule has 238 valence electrons. The summed E-state index contributed by atoms with van der Waals surface area (Å²) in [5.74, 6) is 0. The Morgan fingerprint density at radius 1 is 0.463 bits per heavy atom. The average molecular weight is 619 g/mol. The fourth-order valence-corrected chi connectivity index (χ4v) is 8.68. The third-order valence-electron chi connectivity index (χ3n) is 6.68. The van der Waals surface area contributed by atoms with Gasteiger partial charge in [-0.2, -0.15) is 0 Å². The van der Waals surface area contributed by atoms with E-state index in [2.05, 4.69) is 25.2 Å². The van der Waals surface area contributed by atoms with Crippen LogP contribution in [0.5, 0.6) is 0 Å². The molecule has 0 aliphatic heterocycles. The van der Waals surface area contributed by atoms with Crippen molar-refractivity contribution in [2.75, 3.05) is 108 Å². The number of ether oxygens (including phenoxy) is 8. The highest BCUT2D eigenvalue weighted by atomic mass is 28.4. The number of hydrogen-bond donors (Lipinski definition) is 0. The molecule has 0 N–H and O–H groups in total. The molecule has 0 atom stereocenters. The molecule has 10 nitrogen and oxygen atoms in total. The van der Waals surface area contributed by atoms with E-state index in [0.717, 1.165) is 29.6 Å². The van der Waals surface area contributed by atoms with E-state index in [4.69, 9.17) is 46.6 Å². The second-order valence-electron chi connectivity index (χ2n) is 10.3. The summed E-state index contributed by atoms with van der Waals surface area (Å²) in [5, 5.41) is 0. The Hall–Kier alpha value is -0.681. The minimum atomic E-state index is -2.34. The Bertz CT molecular complexity index is 654. The van der Waals surface area contributed by atoms with Crippen molar-refractivity contribution in [1.29, 1.82) is 0 Å². The fraction of sp³-hybridized carbons (Fsp3) is 0.786. The number of benzene rings is 1. The van der Waals surface area contributed by atoms with Crippen molar-refractivity contribution in [3.63, 3.8) is 0 Å². The maximum Gasteiger partial charge on any atom is 0.472 e. The van der Waals surface area contributed by atoms with Crippen LogP contribution in [0.1, 0.15) is 0 Å². The zero-order chi connectivity index (χ0) is 30.1. The van der Waals surface area contributed by atoms with E-state index < -0.39 is 23.8 Å². The first-order valence-electron chi connectivity index (χ1n) is 14.6. The van der Waals surface area contributed by atoms with Gasteiger partial charge in [0, 0.05) is 54.9 Å². The molecule has 0 unspecified atom stereocenters. The lowest BCUT2D eigenvalue weighted by molar-refractivity contribution is 0.0724. The van der Waals surface area contributed by atoms with Crippen LogP contribution in [0.3, 0.4) is 0 Å². The molecule has 0 fully saturated rings. The Labute approximate surface area is 250 Å². The molecule has 0 aliphatic rings. The van der Waals surface area contributed by atoms with E-state index in [9.17, 15) is 0 Å². The minimum absolute atomic E-state index is 0.500. The van der Waals surface area contributed by atoms with Crippen molar-refractivity contribution in [3.8, 4) is 0 Å². The van der Waals surface area contributed by atoms with E-state index >= 15 is 0 Å². The largest absolute Gasteiger partial charge is 0.472 e. The summed E-state index contributed by atoms with van der Waals surface area (Å²) in [6, 6.07) is 13.5. The van der Waals surface area contributed by atoms with Gasteiger partial charge in [-0.05, 0) is 42.7 Å². The van der Waals surface area contributed by atoms with Crippen LogP contribution in [-0.2, 0) is 46.6 Å². The summed E-state index contributed by atoms with van der Waals surface area (Å²) in [5.41, 5.74) is 1.01. The maximum atomic E-state index is 7.03.